The summed E-state index contributed by atoms with van der Waals surface area (Å²) in [7, 11) is 0. The Labute approximate surface area is 233 Å². The minimum absolute atomic E-state index is 0.0133. The average Bonchev–Trinajstić information content (AvgIpc) is 3.24. The highest BCUT2D eigenvalue weighted by Crippen LogP contribution is 2.43. The van der Waals surface area contributed by atoms with E-state index in [2.05, 4.69) is 0 Å². The lowest BCUT2D eigenvalue weighted by Crippen LogP contribution is -2.31. The first-order valence-electron chi connectivity index (χ1n) is 13.6. The second-order valence-electron chi connectivity index (χ2n) is 9.57. The van der Waals surface area contributed by atoms with Gasteiger partial charge in [-0.1, -0.05) is 43.3 Å². The smallest absolute Gasteiger partial charge is 0.295 e. The highest BCUT2D eigenvalue weighted by atomic mass is 16.6. The molecule has 0 saturated carbocycles. The van der Waals surface area contributed by atoms with Crippen molar-refractivity contribution in [3.63, 3.8) is 0 Å². The van der Waals surface area contributed by atoms with Crippen LogP contribution in [0.25, 0.3) is 5.76 Å². The fourth-order valence-corrected chi connectivity index (χ4v) is 4.99. The van der Waals surface area contributed by atoms with E-state index in [-0.39, 0.29) is 17.9 Å². The van der Waals surface area contributed by atoms with Gasteiger partial charge in [0.2, 0.25) is 0 Å². The number of fused-ring (bicyclic) bond motifs is 1. The largest absolute Gasteiger partial charge is 0.507 e. The number of ether oxygens (including phenoxy) is 4. The maximum Gasteiger partial charge on any atom is 0.295 e. The number of rotatable bonds is 10. The van der Waals surface area contributed by atoms with Gasteiger partial charge in [-0.15, -0.1) is 0 Å². The standard InChI is InChI=1S/C32H33NO7/c1-3-16-38-24-12-10-22(19-26(24)37-4-2)29-28(30(34)23-11-13-25-27(20-23)40-18-17-39-25)31(35)32(36)33(29)15-14-21-8-6-5-7-9-21/h5-13,19-20,29,34H,3-4,14-18H2,1-2H3/t29-/m0/s1. The van der Waals surface area contributed by atoms with Crippen molar-refractivity contribution in [3.8, 4) is 23.0 Å². The van der Waals surface area contributed by atoms with E-state index in [9.17, 15) is 14.7 Å². The SMILES string of the molecule is CCCOc1ccc([C@H]2C(=C(O)c3ccc4c(c3)OCCO4)C(=O)C(=O)N2CCc2ccccc2)cc1OCC. The van der Waals surface area contributed by atoms with E-state index in [4.69, 9.17) is 18.9 Å². The number of aliphatic hydroxyl groups excluding tert-OH is 1. The normalized spacial score (nSPS) is 17.6. The van der Waals surface area contributed by atoms with Crippen molar-refractivity contribution in [1.82, 2.24) is 4.90 Å². The summed E-state index contributed by atoms with van der Waals surface area (Å²) in [6.45, 7) is 5.95. The van der Waals surface area contributed by atoms with E-state index < -0.39 is 17.7 Å². The van der Waals surface area contributed by atoms with Crippen LogP contribution in [0.4, 0.5) is 0 Å². The second-order valence-corrected chi connectivity index (χ2v) is 9.57. The molecule has 40 heavy (non-hydrogen) atoms. The Morgan fingerprint density at radius 2 is 1.70 bits per heavy atom. The minimum Gasteiger partial charge on any atom is -0.507 e. The fraction of sp³-hybridized carbons (Fsp3) is 0.312. The van der Waals surface area contributed by atoms with Gasteiger partial charge in [0.05, 0.1) is 24.8 Å². The predicted octanol–water partition coefficient (Wildman–Crippen LogP) is 5.31. The molecule has 1 fully saturated rings. The van der Waals surface area contributed by atoms with Crippen LogP contribution in [0.2, 0.25) is 0 Å². The molecule has 2 aliphatic heterocycles. The van der Waals surface area contributed by atoms with Gasteiger partial charge < -0.3 is 29.0 Å². The number of amides is 1. The molecule has 2 heterocycles. The van der Waals surface area contributed by atoms with E-state index in [0.717, 1.165) is 12.0 Å². The average molecular weight is 544 g/mol. The molecule has 0 bridgehead atoms. The lowest BCUT2D eigenvalue weighted by atomic mass is 9.94. The van der Waals surface area contributed by atoms with Crippen molar-refractivity contribution in [3.05, 3.63) is 89.0 Å². The van der Waals surface area contributed by atoms with Gasteiger partial charge in [-0.2, -0.15) is 0 Å². The van der Waals surface area contributed by atoms with Gasteiger partial charge in [-0.05, 0) is 61.2 Å². The molecular weight excluding hydrogens is 510 g/mol. The molecule has 1 N–H and O–H groups in total. The van der Waals surface area contributed by atoms with E-state index in [1.165, 1.54) is 4.90 Å². The predicted molar refractivity (Wildman–Crippen MR) is 150 cm³/mol. The summed E-state index contributed by atoms with van der Waals surface area (Å²) >= 11 is 0. The third kappa shape index (κ3) is 5.47. The zero-order valence-corrected chi connectivity index (χ0v) is 22.7. The summed E-state index contributed by atoms with van der Waals surface area (Å²) in [5.74, 6) is 0.459. The molecule has 1 atom stereocenters. The van der Waals surface area contributed by atoms with Gasteiger partial charge in [0.25, 0.3) is 11.7 Å². The van der Waals surface area contributed by atoms with Crippen LogP contribution in [0, 0.1) is 0 Å². The molecule has 208 valence electrons. The van der Waals surface area contributed by atoms with Crippen LogP contribution in [-0.2, 0) is 16.0 Å². The van der Waals surface area contributed by atoms with Gasteiger partial charge in [-0.3, -0.25) is 9.59 Å². The van der Waals surface area contributed by atoms with Gasteiger partial charge in [-0.25, -0.2) is 0 Å². The van der Waals surface area contributed by atoms with Crippen LogP contribution >= 0.6 is 0 Å². The first-order valence-corrected chi connectivity index (χ1v) is 13.6. The van der Waals surface area contributed by atoms with Gasteiger partial charge >= 0.3 is 0 Å². The molecule has 3 aromatic rings. The molecule has 2 aliphatic rings. The number of hydrogen-bond acceptors (Lipinski definition) is 7. The zero-order chi connectivity index (χ0) is 28.1. The Kier molecular flexibility index (Phi) is 8.24. The van der Waals surface area contributed by atoms with Gasteiger partial charge in [0, 0.05) is 12.1 Å². The topological polar surface area (TPSA) is 94.5 Å². The monoisotopic (exact) mass is 543 g/mol. The third-order valence-corrected chi connectivity index (χ3v) is 6.88. The second kappa shape index (κ2) is 12.2. The Morgan fingerprint density at radius 1 is 0.925 bits per heavy atom. The molecule has 8 heteroatoms. The van der Waals surface area contributed by atoms with Gasteiger partial charge in [0.1, 0.15) is 19.0 Å². The molecule has 8 nitrogen and oxygen atoms in total. The van der Waals surface area contributed by atoms with Crippen LogP contribution in [0.15, 0.2) is 72.3 Å². The molecule has 0 radical (unpaired) electrons. The van der Waals surface area contributed by atoms with E-state index in [1.807, 2.05) is 50.2 Å². The fourth-order valence-electron chi connectivity index (χ4n) is 4.99. The van der Waals surface area contributed by atoms with Crippen molar-refractivity contribution in [1.29, 1.82) is 0 Å². The highest BCUT2D eigenvalue weighted by Gasteiger charge is 2.46. The van der Waals surface area contributed by atoms with Crippen LogP contribution in [-0.4, -0.2) is 54.7 Å². The maximum atomic E-state index is 13.5. The van der Waals surface area contributed by atoms with E-state index in [1.54, 1.807) is 30.3 Å². The molecule has 0 aliphatic carbocycles. The van der Waals surface area contributed by atoms with Crippen LogP contribution < -0.4 is 18.9 Å². The molecule has 1 saturated heterocycles. The Bertz CT molecular complexity index is 1420. The highest BCUT2D eigenvalue weighted by molar-refractivity contribution is 6.46. The number of hydrogen-bond donors (Lipinski definition) is 1. The number of Topliss-reactive ketones (excluding diaryl/α,β-unsaturated/α-hetero) is 1. The summed E-state index contributed by atoms with van der Waals surface area (Å²) in [5, 5.41) is 11.5. The number of nitrogens with zero attached hydrogens (tertiary/aromatic N) is 1. The Balaban J connectivity index is 1.59. The summed E-state index contributed by atoms with van der Waals surface area (Å²) in [6.07, 6.45) is 1.38. The lowest BCUT2D eigenvalue weighted by Gasteiger charge is -2.26. The molecule has 3 aromatic carbocycles. The van der Waals surface area contributed by atoms with E-state index in [0.29, 0.717) is 67.0 Å². The number of likely N-dealkylation sites (tertiary alicyclic amines) is 1. The summed E-state index contributed by atoms with van der Waals surface area (Å²) in [6, 6.07) is 19.3. The van der Waals surface area contributed by atoms with Crippen molar-refractivity contribution in [2.75, 3.05) is 33.0 Å². The van der Waals surface area contributed by atoms with Crippen molar-refractivity contribution < 1.29 is 33.6 Å². The quantitative estimate of drug-likeness (QED) is 0.210. The molecule has 5 rings (SSSR count). The van der Waals surface area contributed by atoms with Gasteiger partial charge in [0.15, 0.2) is 23.0 Å². The van der Waals surface area contributed by atoms with Crippen molar-refractivity contribution in [2.45, 2.75) is 32.7 Å². The number of carbonyl (C=O) groups is 2. The minimum atomic E-state index is -0.823. The molecule has 1 amide bonds. The third-order valence-electron chi connectivity index (χ3n) is 6.88. The lowest BCUT2D eigenvalue weighted by molar-refractivity contribution is -0.139. The molecular formula is C32H33NO7. The Morgan fingerprint density at radius 3 is 2.45 bits per heavy atom. The molecule has 0 spiro atoms. The van der Waals surface area contributed by atoms with Crippen molar-refractivity contribution >= 4 is 17.4 Å². The molecule has 0 aromatic heterocycles. The number of aliphatic hydroxyl groups is 1. The first kappa shape index (κ1) is 27.1. The zero-order valence-electron chi connectivity index (χ0n) is 22.7. The van der Waals surface area contributed by atoms with Crippen LogP contribution in [0.1, 0.15) is 43.0 Å². The maximum absolute atomic E-state index is 13.5. The number of benzene rings is 3. The van der Waals surface area contributed by atoms with E-state index >= 15 is 0 Å². The summed E-state index contributed by atoms with van der Waals surface area (Å²) in [4.78, 5) is 28.5. The first-order chi connectivity index (χ1) is 19.5. The summed E-state index contributed by atoms with van der Waals surface area (Å²) < 4.78 is 23.0. The van der Waals surface area contributed by atoms with Crippen LogP contribution in [0.5, 0.6) is 23.0 Å². The summed E-state index contributed by atoms with van der Waals surface area (Å²) in [5.41, 5.74) is 2.05. The van der Waals surface area contributed by atoms with Crippen LogP contribution in [0.3, 0.4) is 0 Å². The number of ketones is 1. The number of carbonyl (C=O) groups excluding carboxylic acids is 2. The Hall–Kier alpha value is -4.46. The van der Waals surface area contributed by atoms with Crippen molar-refractivity contribution in [2.24, 2.45) is 0 Å². The molecule has 0 unspecified atom stereocenters.